The number of nitrogens with zero attached hydrogens (tertiary/aromatic N) is 1. The first-order valence-corrected chi connectivity index (χ1v) is 10.8. The van der Waals surface area contributed by atoms with E-state index in [4.69, 9.17) is 18.9 Å². The maximum atomic E-state index is 13.6. The van der Waals surface area contributed by atoms with Gasteiger partial charge in [-0.1, -0.05) is 24.3 Å². The number of carbonyl (C=O) groups excluding carboxylic acids is 2. The molecule has 7 nitrogen and oxygen atoms in total. The molecule has 2 heterocycles. The largest absolute Gasteiger partial charge is 0.465 e. The highest BCUT2D eigenvalue weighted by Gasteiger charge is 2.63. The minimum Gasteiger partial charge on any atom is -0.465 e. The normalized spacial score (nSPS) is 20.1. The second kappa shape index (κ2) is 9.23. The average Bonchev–Trinajstić information content (AvgIpc) is 3.37. The highest BCUT2D eigenvalue weighted by Crippen LogP contribution is 2.53. The van der Waals surface area contributed by atoms with Crippen LogP contribution in [-0.2, 0) is 19.1 Å². The van der Waals surface area contributed by atoms with E-state index >= 15 is 0 Å². The van der Waals surface area contributed by atoms with Crippen LogP contribution in [0.2, 0.25) is 0 Å². The second-order valence-corrected chi connectivity index (χ2v) is 7.90. The molecule has 0 aliphatic carbocycles. The van der Waals surface area contributed by atoms with Crippen molar-refractivity contribution in [2.24, 2.45) is 5.41 Å². The summed E-state index contributed by atoms with van der Waals surface area (Å²) >= 11 is 0. The molecule has 174 valence electrons. The zero-order chi connectivity index (χ0) is 23.6. The molecule has 0 aromatic heterocycles. The van der Waals surface area contributed by atoms with Crippen molar-refractivity contribution < 1.29 is 32.9 Å². The lowest BCUT2D eigenvalue weighted by Gasteiger charge is -2.34. The number of esters is 2. The summed E-state index contributed by atoms with van der Waals surface area (Å²) in [4.78, 5) is 29.1. The molecule has 1 atom stereocenters. The fourth-order valence-electron chi connectivity index (χ4n) is 4.56. The van der Waals surface area contributed by atoms with Gasteiger partial charge in [0.2, 0.25) is 12.2 Å². The Kier molecular flexibility index (Phi) is 6.37. The van der Waals surface area contributed by atoms with Crippen LogP contribution in [0.15, 0.2) is 48.0 Å². The molecule has 4 rings (SSSR count). The molecule has 0 radical (unpaired) electrons. The average molecular weight is 455 g/mol. The van der Waals surface area contributed by atoms with Gasteiger partial charge in [-0.05, 0) is 61.9 Å². The molecular formula is C25H26FNO6. The lowest BCUT2D eigenvalue weighted by Crippen LogP contribution is -2.47. The van der Waals surface area contributed by atoms with Gasteiger partial charge in [0.15, 0.2) is 11.5 Å². The Morgan fingerprint density at radius 1 is 1.06 bits per heavy atom. The van der Waals surface area contributed by atoms with E-state index in [1.807, 2.05) is 18.0 Å². The third kappa shape index (κ3) is 3.95. The van der Waals surface area contributed by atoms with Crippen molar-refractivity contribution in [3.8, 4) is 11.5 Å². The second-order valence-electron chi connectivity index (χ2n) is 7.90. The molecule has 8 heteroatoms. The van der Waals surface area contributed by atoms with Gasteiger partial charge in [-0.3, -0.25) is 14.5 Å². The summed E-state index contributed by atoms with van der Waals surface area (Å²) in [5.41, 5.74) is 0.105. The number of benzene rings is 2. The van der Waals surface area contributed by atoms with E-state index in [9.17, 15) is 14.0 Å². The lowest BCUT2D eigenvalue weighted by atomic mass is 9.73. The van der Waals surface area contributed by atoms with Crippen LogP contribution in [0.25, 0.3) is 6.08 Å². The van der Waals surface area contributed by atoms with Crippen molar-refractivity contribution in [2.75, 3.05) is 33.6 Å². The summed E-state index contributed by atoms with van der Waals surface area (Å²) < 4.78 is 35.3. The van der Waals surface area contributed by atoms with E-state index in [0.29, 0.717) is 34.7 Å². The van der Waals surface area contributed by atoms with Gasteiger partial charge in [-0.2, -0.15) is 0 Å². The number of likely N-dealkylation sites (tertiary alicyclic amines) is 1. The van der Waals surface area contributed by atoms with Gasteiger partial charge in [-0.15, -0.1) is 0 Å². The number of likely N-dealkylation sites (N-methyl/N-ethyl adjacent to an activating group) is 1. The van der Waals surface area contributed by atoms with Crippen molar-refractivity contribution in [2.45, 2.75) is 19.9 Å². The molecule has 33 heavy (non-hydrogen) atoms. The zero-order valence-corrected chi connectivity index (χ0v) is 18.8. The van der Waals surface area contributed by atoms with Gasteiger partial charge in [-0.25, -0.2) is 4.39 Å². The standard InChI is InChI=1S/C25H26FNO6/c1-4-30-23(28)25(24(29)31-5-2)18(12-16-6-9-19(26)10-7-16)14-27(3)22(25)17-8-11-20-21(13-17)33-15-32-20/h6-13,22H,4-5,14-15H2,1-3H3/b18-12+/t22-/m1/s1. The molecule has 1 fully saturated rings. The molecule has 0 saturated carbocycles. The molecule has 0 unspecified atom stereocenters. The van der Waals surface area contributed by atoms with Crippen molar-refractivity contribution >= 4 is 18.0 Å². The quantitative estimate of drug-likeness (QED) is 0.485. The molecule has 2 aromatic rings. The van der Waals surface area contributed by atoms with Crippen LogP contribution in [0, 0.1) is 11.2 Å². The van der Waals surface area contributed by atoms with Crippen LogP contribution in [0.5, 0.6) is 11.5 Å². The van der Waals surface area contributed by atoms with Crippen LogP contribution >= 0.6 is 0 Å². The first kappa shape index (κ1) is 22.8. The summed E-state index contributed by atoms with van der Waals surface area (Å²) in [6.07, 6.45) is 1.73. The predicted octanol–water partition coefficient (Wildman–Crippen LogP) is 3.74. The first-order valence-electron chi connectivity index (χ1n) is 10.8. The molecular weight excluding hydrogens is 429 g/mol. The minimum atomic E-state index is -1.75. The number of rotatable bonds is 6. The fourth-order valence-corrected chi connectivity index (χ4v) is 4.56. The van der Waals surface area contributed by atoms with Crippen LogP contribution < -0.4 is 9.47 Å². The number of fused-ring (bicyclic) bond motifs is 1. The Morgan fingerprint density at radius 3 is 2.33 bits per heavy atom. The smallest absolute Gasteiger partial charge is 0.329 e. The van der Waals surface area contributed by atoms with Crippen LogP contribution in [0.4, 0.5) is 4.39 Å². The first-order chi connectivity index (χ1) is 15.9. The number of hydrogen-bond acceptors (Lipinski definition) is 7. The van der Waals surface area contributed by atoms with Crippen LogP contribution in [0.1, 0.15) is 31.0 Å². The van der Waals surface area contributed by atoms with Gasteiger partial charge in [0.1, 0.15) is 5.82 Å². The molecule has 2 aliphatic heterocycles. The molecule has 2 aliphatic rings. The molecule has 0 N–H and O–H groups in total. The fraction of sp³-hybridized carbons (Fsp3) is 0.360. The number of ether oxygens (including phenoxy) is 4. The Hall–Kier alpha value is -3.39. The number of hydrogen-bond donors (Lipinski definition) is 0. The van der Waals surface area contributed by atoms with Crippen molar-refractivity contribution in [1.29, 1.82) is 0 Å². The third-order valence-corrected chi connectivity index (χ3v) is 5.90. The highest BCUT2D eigenvalue weighted by molar-refractivity contribution is 6.06. The summed E-state index contributed by atoms with van der Waals surface area (Å²) in [7, 11) is 1.83. The van der Waals surface area contributed by atoms with E-state index in [-0.39, 0.29) is 25.8 Å². The van der Waals surface area contributed by atoms with E-state index in [0.717, 1.165) is 0 Å². The summed E-state index contributed by atoms with van der Waals surface area (Å²) in [6.45, 7) is 3.98. The van der Waals surface area contributed by atoms with Gasteiger partial charge in [0.05, 0.1) is 19.3 Å². The van der Waals surface area contributed by atoms with Crippen molar-refractivity contribution in [3.63, 3.8) is 0 Å². The van der Waals surface area contributed by atoms with Crippen LogP contribution in [-0.4, -0.2) is 50.4 Å². The summed E-state index contributed by atoms with van der Waals surface area (Å²) in [5, 5.41) is 0. The highest BCUT2D eigenvalue weighted by atomic mass is 19.1. The molecule has 1 saturated heterocycles. The lowest BCUT2D eigenvalue weighted by molar-refractivity contribution is -0.171. The Morgan fingerprint density at radius 2 is 1.70 bits per heavy atom. The Labute approximate surface area is 191 Å². The van der Waals surface area contributed by atoms with Crippen LogP contribution in [0.3, 0.4) is 0 Å². The Bertz CT molecular complexity index is 1060. The van der Waals surface area contributed by atoms with Gasteiger partial charge in [0.25, 0.3) is 0 Å². The zero-order valence-electron chi connectivity index (χ0n) is 18.8. The molecule has 0 amide bonds. The number of carbonyl (C=O) groups is 2. The monoisotopic (exact) mass is 455 g/mol. The van der Waals surface area contributed by atoms with Crippen molar-refractivity contribution in [1.82, 2.24) is 4.90 Å². The SMILES string of the molecule is CCOC(=O)C1(C(=O)OCC)/C(=C/c2ccc(F)cc2)CN(C)[C@@H]1c1ccc2c(c1)OCO2. The van der Waals surface area contributed by atoms with Crippen molar-refractivity contribution in [3.05, 3.63) is 65.0 Å². The molecule has 0 spiro atoms. The summed E-state index contributed by atoms with van der Waals surface area (Å²) in [5.74, 6) is -0.619. The molecule has 2 aromatic carbocycles. The van der Waals surface area contributed by atoms with E-state index in [1.165, 1.54) is 12.1 Å². The predicted molar refractivity (Wildman–Crippen MR) is 118 cm³/mol. The molecule has 0 bridgehead atoms. The minimum absolute atomic E-state index is 0.0986. The third-order valence-electron chi connectivity index (χ3n) is 5.90. The number of halogens is 1. The maximum Gasteiger partial charge on any atom is 0.329 e. The van der Waals surface area contributed by atoms with Gasteiger partial charge < -0.3 is 18.9 Å². The van der Waals surface area contributed by atoms with Gasteiger partial charge in [0, 0.05) is 6.54 Å². The van der Waals surface area contributed by atoms with E-state index in [1.54, 1.807) is 44.2 Å². The van der Waals surface area contributed by atoms with E-state index in [2.05, 4.69) is 0 Å². The van der Waals surface area contributed by atoms with E-state index < -0.39 is 23.4 Å². The Balaban J connectivity index is 1.92. The maximum absolute atomic E-state index is 13.6. The van der Waals surface area contributed by atoms with Gasteiger partial charge >= 0.3 is 11.9 Å². The topological polar surface area (TPSA) is 74.3 Å². The summed E-state index contributed by atoms with van der Waals surface area (Å²) in [6, 6.07) is 10.5.